The first-order valence-electron chi connectivity index (χ1n) is 12.8. The number of ether oxygens (including phenoxy) is 4. The van der Waals surface area contributed by atoms with Gasteiger partial charge in [0.1, 0.15) is 18.3 Å². The number of epoxide rings is 1. The van der Waals surface area contributed by atoms with Gasteiger partial charge in [-0.3, -0.25) is 0 Å². The third-order valence-corrected chi connectivity index (χ3v) is 6.25. The van der Waals surface area contributed by atoms with Crippen LogP contribution >= 0.6 is 0 Å². The van der Waals surface area contributed by atoms with E-state index in [-0.39, 0.29) is 12.6 Å². The van der Waals surface area contributed by atoms with Crippen LogP contribution in [0.2, 0.25) is 0 Å². The third kappa shape index (κ3) is 10.9. The number of hydrogen-bond acceptors (Lipinski definition) is 7. The Bertz CT molecular complexity index is 440. The second kappa shape index (κ2) is 16.4. The summed E-state index contributed by atoms with van der Waals surface area (Å²) in [5.41, 5.74) is 5.75. The van der Waals surface area contributed by atoms with Crippen molar-refractivity contribution in [2.75, 3.05) is 19.8 Å². The lowest BCUT2D eigenvalue weighted by Crippen LogP contribution is -2.51. The van der Waals surface area contributed by atoms with Crippen molar-refractivity contribution in [2.24, 2.45) is 5.73 Å². The molecule has 2 fully saturated rings. The monoisotopic (exact) mass is 445 g/mol. The van der Waals surface area contributed by atoms with Gasteiger partial charge in [0.05, 0.1) is 12.7 Å². The second-order valence-electron chi connectivity index (χ2n) is 9.12. The van der Waals surface area contributed by atoms with Gasteiger partial charge < -0.3 is 34.9 Å². The Labute approximate surface area is 189 Å². The van der Waals surface area contributed by atoms with Gasteiger partial charge in [-0.2, -0.15) is 0 Å². The number of aliphatic hydroxyl groups excluding tert-OH is 2. The molecule has 7 heteroatoms. The van der Waals surface area contributed by atoms with Crippen molar-refractivity contribution < 1.29 is 29.2 Å². The van der Waals surface area contributed by atoms with Gasteiger partial charge in [0.25, 0.3) is 0 Å². The van der Waals surface area contributed by atoms with Gasteiger partial charge in [0, 0.05) is 13.2 Å². The fraction of sp³-hybridized carbons (Fsp3) is 1.00. The number of hydrogen-bond donors (Lipinski definition) is 3. The summed E-state index contributed by atoms with van der Waals surface area (Å²) < 4.78 is 21.9. The molecule has 2 saturated heterocycles. The smallest absolute Gasteiger partial charge is 0.190 e. The predicted molar refractivity (Wildman–Crippen MR) is 121 cm³/mol. The van der Waals surface area contributed by atoms with Crippen molar-refractivity contribution in [2.45, 2.75) is 134 Å². The first kappa shape index (κ1) is 27.0. The van der Waals surface area contributed by atoms with Gasteiger partial charge in [-0.05, 0) is 6.42 Å². The van der Waals surface area contributed by atoms with E-state index in [0.29, 0.717) is 13.2 Å². The summed E-state index contributed by atoms with van der Waals surface area (Å²) in [5.74, 6) is 0. The molecule has 7 nitrogen and oxygen atoms in total. The van der Waals surface area contributed by atoms with E-state index in [1.165, 1.54) is 83.5 Å². The molecule has 2 heterocycles. The Hall–Kier alpha value is -0.280. The van der Waals surface area contributed by atoms with Crippen LogP contribution in [0.5, 0.6) is 0 Å². The maximum Gasteiger partial charge on any atom is 0.190 e. The zero-order chi connectivity index (χ0) is 22.3. The third-order valence-electron chi connectivity index (χ3n) is 6.25. The van der Waals surface area contributed by atoms with Crippen LogP contribution in [-0.4, -0.2) is 67.0 Å². The number of nitrogens with two attached hydrogens (primary N) is 1. The summed E-state index contributed by atoms with van der Waals surface area (Å²) in [5, 5.41) is 19.9. The van der Waals surface area contributed by atoms with Crippen LogP contribution < -0.4 is 5.73 Å². The molecule has 0 aliphatic carbocycles. The first-order valence-corrected chi connectivity index (χ1v) is 12.8. The van der Waals surface area contributed by atoms with Crippen LogP contribution in [-0.2, 0) is 18.9 Å². The molecule has 31 heavy (non-hydrogen) atoms. The zero-order valence-electron chi connectivity index (χ0n) is 19.6. The summed E-state index contributed by atoms with van der Waals surface area (Å²) in [7, 11) is 0. The van der Waals surface area contributed by atoms with Crippen LogP contribution in [0.25, 0.3) is 0 Å². The van der Waals surface area contributed by atoms with Gasteiger partial charge in [0.2, 0.25) is 0 Å². The van der Waals surface area contributed by atoms with Crippen LogP contribution in [0.3, 0.4) is 0 Å². The van der Waals surface area contributed by atoms with E-state index in [0.717, 1.165) is 6.42 Å². The Morgan fingerprint density at radius 3 is 1.87 bits per heavy atom. The molecule has 4 N–H and O–H groups in total. The van der Waals surface area contributed by atoms with Crippen molar-refractivity contribution in [1.29, 1.82) is 0 Å². The maximum atomic E-state index is 10.0. The molecule has 0 aromatic carbocycles. The van der Waals surface area contributed by atoms with Crippen LogP contribution in [0.15, 0.2) is 0 Å². The average molecular weight is 446 g/mol. The normalized spacial score (nSPS) is 28.5. The Balaban J connectivity index is 1.35. The highest BCUT2D eigenvalue weighted by Gasteiger charge is 2.56. The van der Waals surface area contributed by atoms with Gasteiger partial charge in [-0.25, -0.2) is 0 Å². The Kier molecular flexibility index (Phi) is 14.2. The van der Waals surface area contributed by atoms with Gasteiger partial charge >= 0.3 is 0 Å². The molecular weight excluding hydrogens is 398 g/mol. The van der Waals surface area contributed by atoms with Crippen LogP contribution in [0.1, 0.15) is 96.8 Å². The van der Waals surface area contributed by atoms with E-state index in [1.54, 1.807) is 0 Å². The minimum atomic E-state index is -1.14. The fourth-order valence-electron chi connectivity index (χ4n) is 4.11. The summed E-state index contributed by atoms with van der Waals surface area (Å²) in [4.78, 5) is 0. The standard InChI is InChI=1S/C24H47NO6/c1-2-3-4-5-6-7-8-9-10-11-12-13-14-15-16-28-18-19(17-25)29-23-21(27)20(26)22-24(30-22)31-23/h19-24,26-27H,2-18,25H2,1H3/t19?,20?,21-,22+,23-,24?/m0/s1. The van der Waals surface area contributed by atoms with E-state index < -0.39 is 30.9 Å². The first-order chi connectivity index (χ1) is 15.2. The Morgan fingerprint density at radius 2 is 1.32 bits per heavy atom. The molecule has 2 aliphatic rings. The molecule has 0 radical (unpaired) electrons. The van der Waals surface area contributed by atoms with Crippen molar-refractivity contribution in [1.82, 2.24) is 0 Å². The fourth-order valence-corrected chi connectivity index (χ4v) is 4.11. The molecule has 184 valence electrons. The lowest BCUT2D eigenvalue weighted by molar-refractivity contribution is -0.262. The van der Waals surface area contributed by atoms with Crippen LogP contribution in [0.4, 0.5) is 0 Å². The molecule has 6 atom stereocenters. The van der Waals surface area contributed by atoms with Crippen LogP contribution in [0, 0.1) is 0 Å². The molecule has 2 rings (SSSR count). The minimum Gasteiger partial charge on any atom is -0.387 e. The predicted octanol–water partition coefficient (Wildman–Crippen LogP) is 3.63. The van der Waals surface area contributed by atoms with Crippen molar-refractivity contribution >= 4 is 0 Å². The second-order valence-corrected chi connectivity index (χ2v) is 9.12. The van der Waals surface area contributed by atoms with Crippen molar-refractivity contribution in [3.05, 3.63) is 0 Å². The quantitative estimate of drug-likeness (QED) is 0.194. The zero-order valence-corrected chi connectivity index (χ0v) is 19.6. The molecule has 2 aliphatic heterocycles. The molecule has 0 bridgehead atoms. The number of fused-ring (bicyclic) bond motifs is 1. The molecule has 0 saturated carbocycles. The summed E-state index contributed by atoms with van der Waals surface area (Å²) in [6.45, 7) is 3.57. The van der Waals surface area contributed by atoms with E-state index >= 15 is 0 Å². The highest BCUT2D eigenvalue weighted by Crippen LogP contribution is 2.36. The molecular formula is C24H47NO6. The lowest BCUT2D eigenvalue weighted by Gasteiger charge is -2.31. The van der Waals surface area contributed by atoms with Crippen molar-refractivity contribution in [3.63, 3.8) is 0 Å². The highest BCUT2D eigenvalue weighted by molar-refractivity contribution is 4.95. The summed E-state index contributed by atoms with van der Waals surface area (Å²) in [6.07, 6.45) is 14.3. The number of rotatable bonds is 20. The van der Waals surface area contributed by atoms with E-state index in [9.17, 15) is 10.2 Å². The highest BCUT2D eigenvalue weighted by atomic mass is 16.8. The molecule has 3 unspecified atom stereocenters. The van der Waals surface area contributed by atoms with Gasteiger partial charge in [-0.1, -0.05) is 90.4 Å². The van der Waals surface area contributed by atoms with E-state index in [1.807, 2.05) is 0 Å². The minimum absolute atomic E-state index is 0.260. The Morgan fingerprint density at radius 1 is 0.774 bits per heavy atom. The SMILES string of the molecule is CCCCCCCCCCCCCCCCOCC(CN)O[C@H]1OC2O[C@@H]2C(O)[C@@H]1O. The lowest BCUT2D eigenvalue weighted by atomic mass is 10.0. The largest absolute Gasteiger partial charge is 0.387 e. The van der Waals surface area contributed by atoms with E-state index in [2.05, 4.69) is 6.92 Å². The molecule has 0 amide bonds. The average Bonchev–Trinajstić information content (AvgIpc) is 3.55. The molecule has 0 aromatic rings. The van der Waals surface area contributed by atoms with Gasteiger partial charge in [-0.15, -0.1) is 0 Å². The molecule has 0 spiro atoms. The summed E-state index contributed by atoms with van der Waals surface area (Å²) >= 11 is 0. The maximum absolute atomic E-state index is 10.0. The van der Waals surface area contributed by atoms with Gasteiger partial charge in [0.15, 0.2) is 12.6 Å². The topological polar surface area (TPSA) is 107 Å². The number of aliphatic hydroxyl groups is 2. The van der Waals surface area contributed by atoms with E-state index in [4.69, 9.17) is 24.7 Å². The molecule has 0 aromatic heterocycles. The number of unbranched alkanes of at least 4 members (excludes halogenated alkanes) is 13. The van der Waals surface area contributed by atoms with Crippen molar-refractivity contribution in [3.8, 4) is 0 Å². The summed E-state index contributed by atoms with van der Waals surface area (Å²) in [6, 6.07) is 0.